The monoisotopic (exact) mass is 275 g/mol. The van der Waals surface area contributed by atoms with E-state index >= 15 is 0 Å². The third-order valence-corrected chi connectivity index (χ3v) is 2.99. The van der Waals surface area contributed by atoms with E-state index in [0.717, 1.165) is 30.3 Å². The molecular weight excluding hydrogens is 254 g/mol. The lowest BCUT2D eigenvalue weighted by molar-refractivity contribution is 0.0937. The molecule has 0 aliphatic carbocycles. The minimum Gasteiger partial charge on any atom is -0.394 e. The highest BCUT2D eigenvalue weighted by Crippen LogP contribution is 2.14. The Balaban J connectivity index is 1.93. The van der Waals surface area contributed by atoms with Crippen LogP contribution >= 0.6 is 0 Å². The van der Waals surface area contributed by atoms with E-state index in [1.165, 1.54) is 0 Å². The molecule has 2 rings (SSSR count). The van der Waals surface area contributed by atoms with Gasteiger partial charge in [-0.3, -0.25) is 4.57 Å². The van der Waals surface area contributed by atoms with E-state index in [4.69, 9.17) is 9.84 Å². The fourth-order valence-corrected chi connectivity index (χ4v) is 2.07. The van der Waals surface area contributed by atoms with Crippen LogP contribution in [0.1, 0.15) is 11.5 Å². The molecule has 1 aromatic carbocycles. The van der Waals surface area contributed by atoms with Gasteiger partial charge in [-0.1, -0.05) is 18.2 Å². The summed E-state index contributed by atoms with van der Waals surface area (Å²) in [7, 11) is 0. The summed E-state index contributed by atoms with van der Waals surface area (Å²) >= 11 is 0. The summed E-state index contributed by atoms with van der Waals surface area (Å²) in [6, 6.07) is 10.2. The second-order valence-corrected chi connectivity index (χ2v) is 4.48. The van der Waals surface area contributed by atoms with Crippen molar-refractivity contribution in [2.24, 2.45) is 0 Å². The quantitative estimate of drug-likeness (QED) is 0.713. The lowest BCUT2D eigenvalue weighted by Crippen LogP contribution is -2.21. The van der Waals surface area contributed by atoms with Crippen molar-refractivity contribution in [3.63, 3.8) is 0 Å². The molecule has 20 heavy (non-hydrogen) atoms. The van der Waals surface area contributed by atoms with E-state index in [0.29, 0.717) is 13.2 Å². The third kappa shape index (κ3) is 3.90. The van der Waals surface area contributed by atoms with Crippen LogP contribution in [0.25, 0.3) is 5.69 Å². The van der Waals surface area contributed by atoms with Crippen LogP contribution in [0, 0.1) is 6.92 Å². The van der Waals surface area contributed by atoms with Crippen LogP contribution < -0.4 is 5.32 Å². The Hall–Kier alpha value is -1.69. The van der Waals surface area contributed by atoms with Gasteiger partial charge in [-0.25, -0.2) is 4.98 Å². The highest BCUT2D eigenvalue weighted by atomic mass is 16.5. The van der Waals surface area contributed by atoms with Gasteiger partial charge < -0.3 is 15.2 Å². The van der Waals surface area contributed by atoms with Gasteiger partial charge >= 0.3 is 0 Å². The summed E-state index contributed by atoms with van der Waals surface area (Å²) in [5.41, 5.74) is 2.24. The SMILES string of the molecule is Cc1ncc(CNCCOCCO)n1-c1ccccc1. The summed E-state index contributed by atoms with van der Waals surface area (Å²) in [4.78, 5) is 4.38. The molecule has 5 heteroatoms. The number of aryl methyl sites for hydroxylation is 1. The van der Waals surface area contributed by atoms with Gasteiger partial charge in [0, 0.05) is 18.8 Å². The number of nitrogens with zero attached hydrogens (tertiary/aromatic N) is 2. The number of aliphatic hydroxyl groups is 1. The second kappa shape index (κ2) is 7.79. The van der Waals surface area contributed by atoms with Crippen molar-refractivity contribution >= 4 is 0 Å². The molecule has 0 amide bonds. The molecule has 2 N–H and O–H groups in total. The van der Waals surface area contributed by atoms with Crippen LogP contribution in [-0.2, 0) is 11.3 Å². The number of rotatable bonds is 8. The van der Waals surface area contributed by atoms with Gasteiger partial charge in [0.15, 0.2) is 0 Å². The van der Waals surface area contributed by atoms with E-state index < -0.39 is 0 Å². The Bertz CT molecular complexity index is 511. The average Bonchev–Trinajstić information content (AvgIpc) is 2.84. The zero-order valence-corrected chi connectivity index (χ0v) is 11.7. The molecule has 0 unspecified atom stereocenters. The molecule has 1 heterocycles. The van der Waals surface area contributed by atoms with Crippen molar-refractivity contribution in [3.05, 3.63) is 48.0 Å². The average molecular weight is 275 g/mol. The van der Waals surface area contributed by atoms with E-state index in [9.17, 15) is 0 Å². The molecule has 2 aromatic rings. The number of imidazole rings is 1. The smallest absolute Gasteiger partial charge is 0.110 e. The molecule has 108 valence electrons. The van der Waals surface area contributed by atoms with Gasteiger partial charge in [-0.2, -0.15) is 0 Å². The third-order valence-electron chi connectivity index (χ3n) is 2.99. The number of nitrogens with one attached hydrogen (secondary N) is 1. The van der Waals surface area contributed by atoms with Crippen LogP contribution in [-0.4, -0.2) is 41.0 Å². The van der Waals surface area contributed by atoms with Gasteiger partial charge in [0.1, 0.15) is 5.82 Å². The molecule has 0 spiro atoms. The Labute approximate surface area is 119 Å². The lowest BCUT2D eigenvalue weighted by Gasteiger charge is -2.11. The highest BCUT2D eigenvalue weighted by Gasteiger charge is 2.07. The summed E-state index contributed by atoms with van der Waals surface area (Å²) < 4.78 is 7.35. The molecule has 0 bridgehead atoms. The number of para-hydroxylation sites is 1. The Morgan fingerprint density at radius 2 is 2.05 bits per heavy atom. The number of aromatic nitrogens is 2. The van der Waals surface area contributed by atoms with E-state index in [1.807, 2.05) is 31.3 Å². The highest BCUT2D eigenvalue weighted by molar-refractivity contribution is 5.35. The van der Waals surface area contributed by atoms with Gasteiger partial charge in [-0.15, -0.1) is 0 Å². The van der Waals surface area contributed by atoms with Gasteiger partial charge in [0.2, 0.25) is 0 Å². The maximum Gasteiger partial charge on any atom is 0.110 e. The minimum absolute atomic E-state index is 0.0694. The zero-order chi connectivity index (χ0) is 14.2. The van der Waals surface area contributed by atoms with Crippen molar-refractivity contribution in [1.82, 2.24) is 14.9 Å². The molecule has 0 saturated carbocycles. The summed E-state index contributed by atoms with van der Waals surface area (Å²) in [5.74, 6) is 0.976. The fourth-order valence-electron chi connectivity index (χ4n) is 2.07. The van der Waals surface area contributed by atoms with Crippen molar-refractivity contribution < 1.29 is 9.84 Å². The van der Waals surface area contributed by atoms with Crippen molar-refractivity contribution in [2.45, 2.75) is 13.5 Å². The largest absolute Gasteiger partial charge is 0.394 e. The number of benzene rings is 1. The van der Waals surface area contributed by atoms with Crippen molar-refractivity contribution in [1.29, 1.82) is 0 Å². The van der Waals surface area contributed by atoms with E-state index in [1.54, 1.807) is 0 Å². The lowest BCUT2D eigenvalue weighted by atomic mass is 10.3. The first-order valence-electron chi connectivity index (χ1n) is 6.81. The zero-order valence-electron chi connectivity index (χ0n) is 11.7. The second-order valence-electron chi connectivity index (χ2n) is 4.48. The molecule has 0 fully saturated rings. The number of hydrogen-bond acceptors (Lipinski definition) is 4. The standard InChI is InChI=1S/C15H21N3O2/c1-13-17-12-15(11-16-7-9-20-10-8-19)18(13)14-5-3-2-4-6-14/h2-6,12,16,19H,7-11H2,1H3. The molecule has 0 atom stereocenters. The molecular formula is C15H21N3O2. The molecule has 0 aliphatic rings. The number of aliphatic hydroxyl groups excluding tert-OH is 1. The van der Waals surface area contributed by atoms with Gasteiger partial charge in [0.25, 0.3) is 0 Å². The van der Waals surface area contributed by atoms with Crippen LogP contribution in [0.3, 0.4) is 0 Å². The molecule has 0 radical (unpaired) electrons. The Morgan fingerprint density at radius 1 is 1.25 bits per heavy atom. The summed E-state index contributed by atoms with van der Waals surface area (Å²) in [5, 5.41) is 11.9. The molecule has 5 nitrogen and oxygen atoms in total. The summed E-state index contributed by atoms with van der Waals surface area (Å²) in [6.07, 6.45) is 1.89. The Morgan fingerprint density at radius 3 is 2.80 bits per heavy atom. The fraction of sp³-hybridized carbons (Fsp3) is 0.400. The van der Waals surface area contributed by atoms with Crippen molar-refractivity contribution in [3.8, 4) is 5.69 Å². The van der Waals surface area contributed by atoms with Crippen LogP contribution in [0.5, 0.6) is 0 Å². The number of hydrogen-bond donors (Lipinski definition) is 2. The molecule has 0 saturated heterocycles. The minimum atomic E-state index is 0.0694. The summed E-state index contributed by atoms with van der Waals surface area (Å²) in [6.45, 7) is 4.54. The van der Waals surface area contributed by atoms with Crippen LogP contribution in [0.2, 0.25) is 0 Å². The first kappa shape index (κ1) is 14.7. The van der Waals surface area contributed by atoms with E-state index in [2.05, 4.69) is 27.0 Å². The van der Waals surface area contributed by atoms with Crippen molar-refractivity contribution in [2.75, 3.05) is 26.4 Å². The van der Waals surface area contributed by atoms with Crippen LogP contribution in [0.4, 0.5) is 0 Å². The van der Waals surface area contributed by atoms with E-state index in [-0.39, 0.29) is 6.61 Å². The van der Waals surface area contributed by atoms with Crippen LogP contribution in [0.15, 0.2) is 36.5 Å². The first-order valence-corrected chi connectivity index (χ1v) is 6.81. The molecule has 1 aromatic heterocycles. The first-order chi connectivity index (χ1) is 9.83. The normalized spacial score (nSPS) is 10.9. The van der Waals surface area contributed by atoms with Gasteiger partial charge in [-0.05, 0) is 19.1 Å². The Kier molecular flexibility index (Phi) is 5.73. The maximum atomic E-state index is 8.61. The van der Waals surface area contributed by atoms with Gasteiger partial charge in [0.05, 0.1) is 31.7 Å². The predicted molar refractivity (Wildman–Crippen MR) is 77.9 cm³/mol. The maximum absolute atomic E-state index is 8.61. The number of ether oxygens (including phenoxy) is 1. The topological polar surface area (TPSA) is 59.3 Å². The predicted octanol–water partition coefficient (Wildman–Crippen LogP) is 1.28. The molecule has 0 aliphatic heterocycles.